The minimum Gasteiger partial charge on any atom is -0.466 e. The van der Waals surface area contributed by atoms with E-state index >= 15 is 0 Å². The van der Waals surface area contributed by atoms with Gasteiger partial charge >= 0.3 is 5.97 Å². The lowest BCUT2D eigenvalue weighted by Crippen LogP contribution is -2.57. The Balaban J connectivity index is 2.22. The van der Waals surface area contributed by atoms with Gasteiger partial charge in [-0.2, -0.15) is 0 Å². The molecule has 0 amide bonds. The van der Waals surface area contributed by atoms with Crippen molar-refractivity contribution < 1.29 is 14.6 Å². The summed E-state index contributed by atoms with van der Waals surface area (Å²) >= 11 is 0. The zero-order valence-corrected chi connectivity index (χ0v) is 14.4. The quantitative estimate of drug-likeness (QED) is 0.803. The third kappa shape index (κ3) is 3.13. The highest BCUT2D eigenvalue weighted by Crippen LogP contribution is 2.62. The Labute approximate surface area is 129 Å². The molecule has 21 heavy (non-hydrogen) atoms. The lowest BCUT2D eigenvalue weighted by Gasteiger charge is -2.61. The Bertz CT molecular complexity index is 399. The van der Waals surface area contributed by atoms with Gasteiger partial charge in [-0.05, 0) is 61.7 Å². The van der Waals surface area contributed by atoms with Crippen LogP contribution in [0.15, 0.2) is 0 Å². The molecular formula is C18H32O3. The van der Waals surface area contributed by atoms with Gasteiger partial charge in [-0.1, -0.05) is 27.2 Å². The summed E-state index contributed by atoms with van der Waals surface area (Å²) < 4.78 is 5.16. The normalized spacial score (nSPS) is 42.2. The predicted octanol–water partition coefficient (Wildman–Crippen LogP) is 3.93. The third-order valence-corrected chi connectivity index (χ3v) is 6.47. The lowest BCUT2D eigenvalue weighted by molar-refractivity contribution is -0.175. The largest absolute Gasteiger partial charge is 0.466 e. The van der Waals surface area contributed by atoms with Crippen LogP contribution in [0.3, 0.4) is 0 Å². The molecule has 0 aliphatic heterocycles. The van der Waals surface area contributed by atoms with E-state index in [-0.39, 0.29) is 17.3 Å². The number of fused-ring (bicyclic) bond motifs is 1. The van der Waals surface area contributed by atoms with Gasteiger partial charge in [0.15, 0.2) is 0 Å². The van der Waals surface area contributed by atoms with Crippen molar-refractivity contribution in [2.45, 2.75) is 78.7 Å². The topological polar surface area (TPSA) is 46.5 Å². The van der Waals surface area contributed by atoms with Gasteiger partial charge in [-0.25, -0.2) is 0 Å². The molecule has 0 heterocycles. The lowest BCUT2D eigenvalue weighted by atomic mass is 9.45. The summed E-state index contributed by atoms with van der Waals surface area (Å²) in [5, 5.41) is 10.9. The van der Waals surface area contributed by atoms with Gasteiger partial charge in [-0.15, -0.1) is 0 Å². The monoisotopic (exact) mass is 296 g/mol. The molecule has 0 aromatic heterocycles. The predicted molar refractivity (Wildman–Crippen MR) is 83.8 cm³/mol. The second kappa shape index (κ2) is 5.57. The van der Waals surface area contributed by atoms with Crippen LogP contribution in [0.1, 0.15) is 73.1 Å². The number of ether oxygens (including phenoxy) is 1. The van der Waals surface area contributed by atoms with E-state index < -0.39 is 5.60 Å². The van der Waals surface area contributed by atoms with Crippen molar-refractivity contribution in [1.82, 2.24) is 0 Å². The molecule has 2 saturated carbocycles. The summed E-state index contributed by atoms with van der Waals surface area (Å²) in [6.45, 7) is 11.0. The fraction of sp³-hybridized carbons (Fsp3) is 0.944. The summed E-state index contributed by atoms with van der Waals surface area (Å²) in [5.74, 6) is 0.639. The standard InChI is InChI=1S/C18H32O3/c1-13(19)21-12-8-15-17(4)10-6-9-16(2,3)14(17)7-11-18(15,5)20/h14-15,20H,6-12H2,1-5H3/t14-,15-,17+,18+/m1/s1. The van der Waals surface area contributed by atoms with Crippen LogP contribution in [0.2, 0.25) is 0 Å². The molecular weight excluding hydrogens is 264 g/mol. The first-order valence-electron chi connectivity index (χ1n) is 8.45. The number of hydrogen-bond acceptors (Lipinski definition) is 3. The zero-order valence-electron chi connectivity index (χ0n) is 14.4. The molecule has 0 aromatic rings. The van der Waals surface area contributed by atoms with E-state index in [0.717, 1.165) is 19.3 Å². The van der Waals surface area contributed by atoms with Crippen LogP contribution >= 0.6 is 0 Å². The van der Waals surface area contributed by atoms with Crippen LogP contribution in [0, 0.1) is 22.7 Å². The smallest absolute Gasteiger partial charge is 0.302 e. The maximum atomic E-state index is 11.0. The number of carbonyl (C=O) groups excluding carboxylic acids is 1. The summed E-state index contributed by atoms with van der Waals surface area (Å²) in [5.41, 5.74) is -0.133. The average molecular weight is 296 g/mol. The number of carbonyl (C=O) groups is 1. The number of esters is 1. The summed E-state index contributed by atoms with van der Waals surface area (Å²) in [7, 11) is 0. The van der Waals surface area contributed by atoms with E-state index in [9.17, 15) is 9.90 Å². The zero-order chi connectivity index (χ0) is 15.9. The van der Waals surface area contributed by atoms with E-state index in [0.29, 0.717) is 17.9 Å². The fourth-order valence-electron chi connectivity index (χ4n) is 5.59. The van der Waals surface area contributed by atoms with Crippen LogP contribution in [0.4, 0.5) is 0 Å². The van der Waals surface area contributed by atoms with Crippen molar-refractivity contribution in [3.8, 4) is 0 Å². The second-order valence-electron chi connectivity index (χ2n) is 8.48. The van der Waals surface area contributed by atoms with E-state index in [1.807, 2.05) is 6.92 Å². The van der Waals surface area contributed by atoms with Crippen molar-refractivity contribution in [1.29, 1.82) is 0 Å². The number of rotatable bonds is 3. The van der Waals surface area contributed by atoms with Crippen LogP contribution in [-0.2, 0) is 9.53 Å². The maximum absolute atomic E-state index is 11.0. The molecule has 3 heteroatoms. The fourth-order valence-corrected chi connectivity index (χ4v) is 5.59. The molecule has 0 spiro atoms. The molecule has 122 valence electrons. The molecule has 3 nitrogen and oxygen atoms in total. The Morgan fingerprint density at radius 2 is 1.86 bits per heavy atom. The minimum atomic E-state index is -0.640. The van der Waals surface area contributed by atoms with Gasteiger partial charge in [0.1, 0.15) is 0 Å². The Kier molecular flexibility index (Phi) is 4.45. The van der Waals surface area contributed by atoms with Crippen molar-refractivity contribution in [2.75, 3.05) is 6.61 Å². The van der Waals surface area contributed by atoms with E-state index in [4.69, 9.17) is 4.74 Å². The van der Waals surface area contributed by atoms with Crippen molar-refractivity contribution in [3.05, 3.63) is 0 Å². The number of hydrogen-bond donors (Lipinski definition) is 1. The first-order chi connectivity index (χ1) is 9.59. The van der Waals surface area contributed by atoms with E-state index in [1.165, 1.54) is 26.2 Å². The highest BCUT2D eigenvalue weighted by atomic mass is 16.5. The van der Waals surface area contributed by atoms with Gasteiger partial charge in [0.2, 0.25) is 0 Å². The van der Waals surface area contributed by atoms with Gasteiger partial charge in [-0.3, -0.25) is 4.79 Å². The van der Waals surface area contributed by atoms with Gasteiger partial charge in [0, 0.05) is 6.92 Å². The molecule has 0 unspecified atom stereocenters. The Morgan fingerprint density at radius 3 is 2.48 bits per heavy atom. The molecule has 0 radical (unpaired) electrons. The maximum Gasteiger partial charge on any atom is 0.302 e. The molecule has 2 aliphatic carbocycles. The van der Waals surface area contributed by atoms with Gasteiger partial charge < -0.3 is 9.84 Å². The number of aliphatic hydroxyl groups is 1. The van der Waals surface area contributed by atoms with Gasteiger partial charge in [0.25, 0.3) is 0 Å². The Hall–Kier alpha value is -0.570. The molecule has 2 aliphatic rings. The molecule has 0 saturated heterocycles. The first-order valence-corrected chi connectivity index (χ1v) is 8.45. The SMILES string of the molecule is CC(=O)OCC[C@@H]1[C@@]2(C)CCCC(C)(C)[C@H]2CC[C@]1(C)O. The summed E-state index contributed by atoms with van der Waals surface area (Å²) in [4.78, 5) is 11.0. The molecule has 1 N–H and O–H groups in total. The highest BCUT2D eigenvalue weighted by molar-refractivity contribution is 5.65. The molecule has 2 rings (SSSR count). The Morgan fingerprint density at radius 1 is 1.19 bits per heavy atom. The highest BCUT2D eigenvalue weighted by Gasteiger charge is 2.57. The molecule has 0 bridgehead atoms. The van der Waals surface area contributed by atoms with Crippen LogP contribution in [-0.4, -0.2) is 23.3 Å². The van der Waals surface area contributed by atoms with Gasteiger partial charge in [0.05, 0.1) is 12.2 Å². The van der Waals surface area contributed by atoms with Crippen molar-refractivity contribution in [3.63, 3.8) is 0 Å². The first kappa shape index (κ1) is 16.8. The van der Waals surface area contributed by atoms with Crippen LogP contribution in [0.5, 0.6) is 0 Å². The molecule has 4 atom stereocenters. The van der Waals surface area contributed by atoms with E-state index in [1.54, 1.807) is 0 Å². The van der Waals surface area contributed by atoms with Crippen molar-refractivity contribution >= 4 is 5.97 Å². The summed E-state index contributed by atoms with van der Waals surface area (Å²) in [6.07, 6.45) is 6.45. The molecule has 0 aromatic carbocycles. The minimum absolute atomic E-state index is 0.156. The van der Waals surface area contributed by atoms with E-state index in [2.05, 4.69) is 20.8 Å². The van der Waals surface area contributed by atoms with Crippen LogP contribution in [0.25, 0.3) is 0 Å². The second-order valence-corrected chi connectivity index (χ2v) is 8.48. The molecule has 2 fully saturated rings. The van der Waals surface area contributed by atoms with Crippen molar-refractivity contribution in [2.24, 2.45) is 22.7 Å². The summed E-state index contributed by atoms with van der Waals surface area (Å²) in [6, 6.07) is 0. The average Bonchev–Trinajstić information content (AvgIpc) is 2.31. The van der Waals surface area contributed by atoms with Crippen LogP contribution < -0.4 is 0 Å². The third-order valence-electron chi connectivity index (χ3n) is 6.47.